The number of thioether (sulfide) groups is 1. The van der Waals surface area contributed by atoms with Gasteiger partial charge in [0.1, 0.15) is 6.04 Å². The summed E-state index contributed by atoms with van der Waals surface area (Å²) in [6, 6.07) is 9.49. The third-order valence-electron chi connectivity index (χ3n) is 5.94. The minimum Gasteiger partial charge on any atom is -0.375 e. The molecule has 1 N–H and O–H groups in total. The number of carbonyl (C=O) groups is 2. The van der Waals surface area contributed by atoms with Crippen molar-refractivity contribution in [3.8, 4) is 6.07 Å². The Hall–Kier alpha value is -2.83. The van der Waals surface area contributed by atoms with Crippen molar-refractivity contribution in [3.63, 3.8) is 0 Å². The molecule has 0 unspecified atom stereocenters. The Kier molecular flexibility index (Phi) is 6.30. The Morgan fingerprint density at radius 2 is 2.19 bits per heavy atom. The molecule has 0 aliphatic carbocycles. The van der Waals surface area contributed by atoms with Crippen LogP contribution in [-0.4, -0.2) is 71.2 Å². The van der Waals surface area contributed by atoms with E-state index in [0.29, 0.717) is 23.8 Å². The second-order valence-corrected chi connectivity index (χ2v) is 8.76. The van der Waals surface area contributed by atoms with Gasteiger partial charge in [-0.15, -0.1) is 11.8 Å². The number of hydrogen-bond acceptors (Lipinski definition) is 7. The number of benzene rings is 1. The summed E-state index contributed by atoms with van der Waals surface area (Å²) in [5.74, 6) is 0.499. The first-order chi connectivity index (χ1) is 15.0. The first kappa shape index (κ1) is 21.4. The zero-order chi connectivity index (χ0) is 22.0. The average molecular weight is 440 g/mol. The van der Waals surface area contributed by atoms with E-state index >= 15 is 0 Å². The number of rotatable bonds is 4. The number of carbonyl (C=O) groups excluding carboxylic acids is 2. The van der Waals surface area contributed by atoms with Gasteiger partial charge < -0.3 is 19.9 Å². The first-order valence-electron chi connectivity index (χ1n) is 10.3. The zero-order valence-corrected chi connectivity index (χ0v) is 18.4. The molecule has 2 aliphatic rings. The van der Waals surface area contributed by atoms with Gasteiger partial charge in [0.05, 0.1) is 48.3 Å². The van der Waals surface area contributed by atoms with Crippen LogP contribution in [0.3, 0.4) is 0 Å². The van der Waals surface area contributed by atoms with Crippen LogP contribution < -0.4 is 10.2 Å². The normalized spacial score (nSPS) is 23.6. The highest BCUT2D eigenvalue weighted by Crippen LogP contribution is 2.28. The highest BCUT2D eigenvalue weighted by molar-refractivity contribution is 7.99. The molecule has 1 aromatic heterocycles. The fraction of sp³-hybridized carbons (Fsp3) is 0.455. The molecule has 31 heavy (non-hydrogen) atoms. The second kappa shape index (κ2) is 9.12. The Morgan fingerprint density at radius 1 is 1.35 bits per heavy atom. The summed E-state index contributed by atoms with van der Waals surface area (Å²) >= 11 is 1.54. The Balaban J connectivity index is 1.53. The summed E-state index contributed by atoms with van der Waals surface area (Å²) in [5, 5.41) is 12.6. The summed E-state index contributed by atoms with van der Waals surface area (Å²) in [6.45, 7) is 5.48. The van der Waals surface area contributed by atoms with Crippen LogP contribution in [-0.2, 0) is 9.53 Å². The van der Waals surface area contributed by atoms with Gasteiger partial charge in [-0.05, 0) is 38.1 Å². The average Bonchev–Trinajstić information content (AvgIpc) is 3.27. The largest absolute Gasteiger partial charge is 0.375 e. The molecular formula is C22H25N5O3S. The maximum Gasteiger partial charge on any atom is 0.252 e. The predicted molar refractivity (Wildman–Crippen MR) is 120 cm³/mol. The monoisotopic (exact) mass is 439 g/mol. The molecule has 0 radical (unpaired) electrons. The summed E-state index contributed by atoms with van der Waals surface area (Å²) in [6.07, 6.45) is 1.72. The topological polar surface area (TPSA) is 98.6 Å². The molecule has 8 nitrogen and oxygen atoms in total. The van der Waals surface area contributed by atoms with Crippen LogP contribution in [0.1, 0.15) is 24.2 Å². The Morgan fingerprint density at radius 3 is 3.00 bits per heavy atom. The van der Waals surface area contributed by atoms with Crippen molar-refractivity contribution in [3.05, 3.63) is 36.0 Å². The van der Waals surface area contributed by atoms with Crippen LogP contribution >= 0.6 is 11.8 Å². The number of pyridine rings is 1. The molecule has 2 fully saturated rings. The van der Waals surface area contributed by atoms with Crippen LogP contribution in [0, 0.1) is 11.3 Å². The van der Waals surface area contributed by atoms with E-state index in [4.69, 9.17) is 10.00 Å². The Bertz CT molecular complexity index is 1040. The number of nitrogens with zero attached hydrogens (tertiary/aromatic N) is 4. The van der Waals surface area contributed by atoms with Crippen molar-refractivity contribution < 1.29 is 14.3 Å². The van der Waals surface area contributed by atoms with Gasteiger partial charge in [0, 0.05) is 29.6 Å². The van der Waals surface area contributed by atoms with Crippen LogP contribution in [0.4, 0.5) is 5.69 Å². The minimum absolute atomic E-state index is 0.119. The van der Waals surface area contributed by atoms with E-state index in [1.165, 1.54) is 16.7 Å². The van der Waals surface area contributed by atoms with Crippen molar-refractivity contribution in [2.45, 2.75) is 32.0 Å². The molecular weight excluding hydrogens is 414 g/mol. The molecule has 0 spiro atoms. The van der Waals surface area contributed by atoms with Crippen molar-refractivity contribution in [1.82, 2.24) is 15.2 Å². The number of anilines is 1. The lowest BCUT2D eigenvalue weighted by atomic mass is 10.0. The van der Waals surface area contributed by atoms with Gasteiger partial charge in [0.2, 0.25) is 5.91 Å². The molecule has 2 saturated heterocycles. The number of fused-ring (bicyclic) bond motifs is 1. The number of nitrogens with one attached hydrogen (secondary N) is 1. The second-order valence-electron chi connectivity index (χ2n) is 7.76. The van der Waals surface area contributed by atoms with Gasteiger partial charge in [-0.3, -0.25) is 14.6 Å². The van der Waals surface area contributed by atoms with Gasteiger partial charge in [-0.2, -0.15) is 5.26 Å². The van der Waals surface area contributed by atoms with E-state index in [1.54, 1.807) is 12.3 Å². The van der Waals surface area contributed by atoms with Gasteiger partial charge in [-0.25, -0.2) is 0 Å². The van der Waals surface area contributed by atoms with E-state index in [2.05, 4.69) is 35.1 Å². The molecule has 2 aliphatic heterocycles. The quantitative estimate of drug-likeness (QED) is 0.778. The molecule has 9 heteroatoms. The number of hydrogen-bond donors (Lipinski definition) is 1. The molecule has 2 aromatic rings. The third-order valence-corrected chi connectivity index (χ3v) is 6.95. The standard InChI is InChI=1S/C22H25N5O3S/c1-14-15(2)30-8-7-26(14)16-3-4-20-19(9-16)18(5-6-24-20)22(29)25-11-21(28)27-13-31-12-17(27)10-23/h3-6,9,14-15,17H,7-8,11-13H2,1-2H3,(H,25,29)/t14-,15+,17+/m0/s1. The number of ether oxygens (including phenoxy) is 1. The van der Waals surface area contributed by atoms with Crippen LogP contribution in [0.5, 0.6) is 0 Å². The Labute approximate surface area is 185 Å². The van der Waals surface area contributed by atoms with Gasteiger partial charge in [0.25, 0.3) is 5.91 Å². The highest BCUT2D eigenvalue weighted by atomic mass is 32.2. The molecule has 3 heterocycles. The number of aromatic nitrogens is 1. The third kappa shape index (κ3) is 4.31. The zero-order valence-electron chi connectivity index (χ0n) is 17.6. The van der Waals surface area contributed by atoms with Crippen LogP contribution in [0.15, 0.2) is 30.5 Å². The molecule has 3 atom stereocenters. The van der Waals surface area contributed by atoms with Crippen molar-refractivity contribution >= 4 is 40.2 Å². The van der Waals surface area contributed by atoms with E-state index in [0.717, 1.165) is 23.1 Å². The highest BCUT2D eigenvalue weighted by Gasteiger charge is 2.29. The van der Waals surface area contributed by atoms with E-state index in [9.17, 15) is 9.59 Å². The van der Waals surface area contributed by atoms with Crippen LogP contribution in [0.25, 0.3) is 10.9 Å². The summed E-state index contributed by atoms with van der Waals surface area (Å²) in [4.78, 5) is 33.5. The molecule has 0 bridgehead atoms. The fourth-order valence-corrected chi connectivity index (χ4v) is 5.06. The lowest BCUT2D eigenvalue weighted by Crippen LogP contribution is -2.48. The fourth-order valence-electron chi connectivity index (χ4n) is 3.96. The SMILES string of the molecule is C[C@H]1OCCN(c2ccc3nccc(C(=O)NCC(=O)N4CSC[C@H]4C#N)c3c2)[C@H]1C. The smallest absolute Gasteiger partial charge is 0.252 e. The molecule has 4 rings (SSSR count). The number of amides is 2. The minimum atomic E-state index is -0.434. The predicted octanol–water partition coefficient (Wildman–Crippen LogP) is 2.00. The van der Waals surface area contributed by atoms with Crippen molar-refractivity contribution in [2.75, 3.05) is 36.2 Å². The number of morpholine rings is 1. The molecule has 162 valence electrons. The lowest BCUT2D eigenvalue weighted by molar-refractivity contribution is -0.129. The summed E-state index contributed by atoms with van der Waals surface area (Å²) in [5.41, 5.74) is 2.21. The summed E-state index contributed by atoms with van der Waals surface area (Å²) in [7, 11) is 0. The maximum absolute atomic E-state index is 12.9. The van der Waals surface area contributed by atoms with Crippen molar-refractivity contribution in [2.24, 2.45) is 0 Å². The van der Waals surface area contributed by atoms with Gasteiger partial charge in [-0.1, -0.05) is 0 Å². The van der Waals surface area contributed by atoms with E-state index in [1.807, 2.05) is 18.2 Å². The van der Waals surface area contributed by atoms with Gasteiger partial charge >= 0.3 is 0 Å². The van der Waals surface area contributed by atoms with E-state index in [-0.39, 0.29) is 30.5 Å². The van der Waals surface area contributed by atoms with Crippen LogP contribution in [0.2, 0.25) is 0 Å². The first-order valence-corrected chi connectivity index (χ1v) is 11.5. The lowest BCUT2D eigenvalue weighted by Gasteiger charge is -2.39. The van der Waals surface area contributed by atoms with Crippen molar-refractivity contribution in [1.29, 1.82) is 5.26 Å². The van der Waals surface area contributed by atoms with E-state index < -0.39 is 6.04 Å². The maximum atomic E-state index is 12.9. The molecule has 2 amide bonds. The van der Waals surface area contributed by atoms with Gasteiger partial charge in [0.15, 0.2) is 0 Å². The molecule has 0 saturated carbocycles. The number of nitriles is 1. The summed E-state index contributed by atoms with van der Waals surface area (Å²) < 4.78 is 5.73. The molecule has 1 aromatic carbocycles.